The molecule has 98 valence electrons. The van der Waals surface area contributed by atoms with Crippen molar-refractivity contribution >= 4 is 11.9 Å². The number of quaternary nitrogens is 2. The molecule has 16 heavy (non-hydrogen) atoms. The highest BCUT2D eigenvalue weighted by atomic mass is 16.4. The van der Waals surface area contributed by atoms with Crippen LogP contribution in [-0.2, 0) is 9.59 Å². The fourth-order valence-electron chi connectivity index (χ4n) is 1.26. The van der Waals surface area contributed by atoms with E-state index in [9.17, 15) is 9.59 Å². The molecule has 10 N–H and O–H groups in total. The van der Waals surface area contributed by atoms with E-state index in [0.717, 1.165) is 38.5 Å². The second kappa shape index (κ2) is 13.9. The Balaban J connectivity index is -0.000000845. The first-order valence-corrected chi connectivity index (χ1v) is 5.06. The Labute approximate surface area is 96.2 Å². The minimum atomic E-state index is -0.740. The van der Waals surface area contributed by atoms with Gasteiger partial charge in [0.1, 0.15) is 0 Å². The van der Waals surface area contributed by atoms with Crippen molar-refractivity contribution in [3.8, 4) is 0 Å². The van der Waals surface area contributed by atoms with Gasteiger partial charge in [0, 0.05) is 12.8 Å². The zero-order valence-corrected chi connectivity index (χ0v) is 10.4. The van der Waals surface area contributed by atoms with Gasteiger partial charge in [0.05, 0.1) is 0 Å². The van der Waals surface area contributed by atoms with Gasteiger partial charge >= 0.3 is 11.9 Å². The molecule has 0 saturated heterocycles. The lowest BCUT2D eigenvalue weighted by molar-refractivity contribution is -0.138. The van der Waals surface area contributed by atoms with Gasteiger partial charge < -0.3 is 22.5 Å². The molecule has 0 bridgehead atoms. The van der Waals surface area contributed by atoms with Gasteiger partial charge in [-0.05, 0) is 12.8 Å². The molecule has 6 heteroatoms. The number of hydrogen-bond acceptors (Lipinski definition) is 2. The first-order chi connectivity index (χ1) is 6.63. The lowest BCUT2D eigenvalue weighted by atomic mass is 10.1. The summed E-state index contributed by atoms with van der Waals surface area (Å²) in [6.07, 6.45) is 5.82. The second-order valence-corrected chi connectivity index (χ2v) is 3.41. The van der Waals surface area contributed by atoms with E-state index in [0.29, 0.717) is 0 Å². The molecule has 0 fully saturated rings. The van der Waals surface area contributed by atoms with E-state index in [1.54, 1.807) is 0 Å². The third-order valence-corrected chi connectivity index (χ3v) is 2.03. The zero-order chi connectivity index (χ0) is 10.8. The van der Waals surface area contributed by atoms with E-state index >= 15 is 0 Å². The molecule has 0 aromatic carbocycles. The number of rotatable bonds is 9. The monoisotopic (exact) mass is 238 g/mol. The summed E-state index contributed by atoms with van der Waals surface area (Å²) in [4.78, 5) is 20.3. The van der Waals surface area contributed by atoms with Crippen molar-refractivity contribution in [1.82, 2.24) is 12.3 Å². The van der Waals surface area contributed by atoms with E-state index in [1.165, 1.54) is 0 Å². The van der Waals surface area contributed by atoms with E-state index in [-0.39, 0.29) is 25.1 Å². The maximum absolute atomic E-state index is 10.1. The second-order valence-electron chi connectivity index (χ2n) is 3.41. The van der Waals surface area contributed by atoms with Crippen LogP contribution in [0.5, 0.6) is 0 Å². The fourth-order valence-corrected chi connectivity index (χ4v) is 1.26. The van der Waals surface area contributed by atoms with E-state index in [4.69, 9.17) is 10.2 Å². The van der Waals surface area contributed by atoms with Crippen molar-refractivity contribution in [2.45, 2.75) is 51.4 Å². The molecule has 0 spiro atoms. The summed E-state index contributed by atoms with van der Waals surface area (Å²) >= 11 is 0. The van der Waals surface area contributed by atoms with Crippen molar-refractivity contribution in [3.63, 3.8) is 0 Å². The van der Waals surface area contributed by atoms with Crippen LogP contribution < -0.4 is 12.3 Å². The Morgan fingerprint density at radius 1 is 0.625 bits per heavy atom. The molecule has 6 nitrogen and oxygen atoms in total. The van der Waals surface area contributed by atoms with Gasteiger partial charge in [-0.2, -0.15) is 0 Å². The summed E-state index contributed by atoms with van der Waals surface area (Å²) in [6.45, 7) is 0. The quantitative estimate of drug-likeness (QED) is 0.457. The van der Waals surface area contributed by atoms with E-state index < -0.39 is 11.9 Å². The highest BCUT2D eigenvalue weighted by Gasteiger charge is 1.98. The Bertz CT molecular complexity index is 166. The average molecular weight is 238 g/mol. The SMILES string of the molecule is O=C(O)CCCCCCCCC(=O)O.[NH4+].[NH4+]. The lowest BCUT2D eigenvalue weighted by Gasteiger charge is -1.98. The summed E-state index contributed by atoms with van der Waals surface area (Å²) < 4.78 is 0. The molecular formula is C10H26N2O4+2. The highest BCUT2D eigenvalue weighted by Crippen LogP contribution is 2.08. The van der Waals surface area contributed by atoms with Gasteiger partial charge in [0.2, 0.25) is 0 Å². The summed E-state index contributed by atoms with van der Waals surface area (Å²) in [5, 5.41) is 16.7. The van der Waals surface area contributed by atoms with Gasteiger partial charge in [0.15, 0.2) is 0 Å². The molecule has 0 saturated carbocycles. The summed E-state index contributed by atoms with van der Waals surface area (Å²) in [5.41, 5.74) is 0. The van der Waals surface area contributed by atoms with Crippen LogP contribution in [0.15, 0.2) is 0 Å². The normalized spacial score (nSPS) is 8.75. The van der Waals surface area contributed by atoms with Crippen LogP contribution >= 0.6 is 0 Å². The number of carboxylic acids is 2. The molecular weight excluding hydrogens is 212 g/mol. The largest absolute Gasteiger partial charge is 0.481 e. The fraction of sp³-hybridized carbons (Fsp3) is 0.800. The standard InChI is InChI=1S/C10H18O4.2H3N/c11-9(12)7-5-3-1-2-4-6-8-10(13)14;;/h1-8H2,(H,11,12)(H,13,14);2*1H3/p+2. The minimum Gasteiger partial charge on any atom is -0.481 e. The van der Waals surface area contributed by atoms with Crippen molar-refractivity contribution in [2.24, 2.45) is 0 Å². The van der Waals surface area contributed by atoms with Crippen LogP contribution in [0.4, 0.5) is 0 Å². The third kappa shape index (κ3) is 18.6. The Morgan fingerprint density at radius 3 is 1.12 bits per heavy atom. The number of unbranched alkanes of at least 4 members (excludes halogenated alkanes) is 5. The molecule has 0 unspecified atom stereocenters. The molecule has 0 radical (unpaired) electrons. The predicted octanol–water partition coefficient (Wildman–Crippen LogP) is 3.03. The number of carboxylic acid groups (broad SMARTS) is 2. The molecule has 0 aliphatic heterocycles. The molecule has 0 amide bonds. The summed E-state index contributed by atoms with van der Waals surface area (Å²) in [5.74, 6) is -1.48. The summed E-state index contributed by atoms with van der Waals surface area (Å²) in [6, 6.07) is 0. The molecule has 0 aliphatic carbocycles. The van der Waals surface area contributed by atoms with Crippen LogP contribution in [-0.4, -0.2) is 22.2 Å². The highest BCUT2D eigenvalue weighted by molar-refractivity contribution is 5.66. The van der Waals surface area contributed by atoms with Gasteiger partial charge in [-0.15, -0.1) is 0 Å². The molecule has 0 heterocycles. The van der Waals surface area contributed by atoms with Gasteiger partial charge in [-0.25, -0.2) is 0 Å². The zero-order valence-electron chi connectivity index (χ0n) is 10.4. The Hall–Kier alpha value is -1.14. The number of carbonyl (C=O) groups is 2. The van der Waals surface area contributed by atoms with Crippen molar-refractivity contribution < 1.29 is 19.8 Å². The molecule has 0 aliphatic rings. The smallest absolute Gasteiger partial charge is 0.303 e. The Kier molecular flexibility index (Phi) is 17.6. The van der Waals surface area contributed by atoms with Gasteiger partial charge in [0.25, 0.3) is 0 Å². The number of aliphatic carboxylic acids is 2. The van der Waals surface area contributed by atoms with Crippen LogP contribution in [0.3, 0.4) is 0 Å². The van der Waals surface area contributed by atoms with Crippen LogP contribution in [0.25, 0.3) is 0 Å². The van der Waals surface area contributed by atoms with E-state index in [2.05, 4.69) is 0 Å². The Morgan fingerprint density at radius 2 is 0.875 bits per heavy atom. The van der Waals surface area contributed by atoms with Crippen LogP contribution in [0, 0.1) is 0 Å². The molecule has 0 rings (SSSR count). The van der Waals surface area contributed by atoms with Gasteiger partial charge in [-0.3, -0.25) is 9.59 Å². The number of hydrogen-bond donors (Lipinski definition) is 4. The lowest BCUT2D eigenvalue weighted by Crippen LogP contribution is -1.94. The van der Waals surface area contributed by atoms with Crippen molar-refractivity contribution in [1.29, 1.82) is 0 Å². The van der Waals surface area contributed by atoms with E-state index in [1.807, 2.05) is 0 Å². The first-order valence-electron chi connectivity index (χ1n) is 5.06. The van der Waals surface area contributed by atoms with Crippen LogP contribution in [0.1, 0.15) is 51.4 Å². The van der Waals surface area contributed by atoms with Crippen LogP contribution in [0.2, 0.25) is 0 Å². The molecule has 0 atom stereocenters. The topological polar surface area (TPSA) is 148 Å². The maximum Gasteiger partial charge on any atom is 0.303 e. The molecule has 0 aromatic rings. The predicted molar refractivity (Wildman–Crippen MR) is 64.2 cm³/mol. The third-order valence-electron chi connectivity index (χ3n) is 2.03. The first kappa shape index (κ1) is 20.3. The summed E-state index contributed by atoms with van der Waals surface area (Å²) in [7, 11) is 0. The van der Waals surface area contributed by atoms with Gasteiger partial charge in [-0.1, -0.05) is 25.7 Å². The van der Waals surface area contributed by atoms with Crippen molar-refractivity contribution in [2.75, 3.05) is 0 Å². The minimum absolute atomic E-state index is 0. The molecule has 0 aromatic heterocycles. The average Bonchev–Trinajstić information content (AvgIpc) is 2.08. The van der Waals surface area contributed by atoms with Crippen molar-refractivity contribution in [3.05, 3.63) is 0 Å². The maximum atomic E-state index is 10.1.